The van der Waals surface area contributed by atoms with Gasteiger partial charge in [0, 0.05) is 12.7 Å². The van der Waals surface area contributed by atoms with Gasteiger partial charge in [-0.2, -0.15) is 0 Å². The first kappa shape index (κ1) is 14.3. The number of nitrogens with two attached hydrogens (primary N) is 1. The van der Waals surface area contributed by atoms with Crippen molar-refractivity contribution in [3.05, 3.63) is 54.4 Å². The van der Waals surface area contributed by atoms with Gasteiger partial charge in [0.25, 0.3) is 0 Å². The Morgan fingerprint density at radius 2 is 1.94 bits per heavy atom. The number of hydrogen-bond acceptors (Lipinski definition) is 4. The monoisotopic (exact) mass is 265 g/mol. The van der Waals surface area contributed by atoms with Crippen LogP contribution in [0.2, 0.25) is 0 Å². The summed E-state index contributed by atoms with van der Waals surface area (Å²) in [4.78, 5) is 3.90. The second-order valence-electron chi connectivity index (χ2n) is 3.77. The van der Waals surface area contributed by atoms with Gasteiger partial charge in [-0.1, -0.05) is 30.3 Å². The largest absolute Gasteiger partial charge is 0.396 e. The molecule has 96 valence electrons. The van der Waals surface area contributed by atoms with Crippen molar-refractivity contribution in [2.75, 3.05) is 17.6 Å². The highest BCUT2D eigenvalue weighted by atomic mass is 35.5. The number of benzene rings is 1. The summed E-state index contributed by atoms with van der Waals surface area (Å²) in [6, 6.07) is 11.3. The molecule has 0 aliphatic heterocycles. The smallest absolute Gasteiger partial charge is 0.0962 e. The Balaban J connectivity index is 0.00000162. The minimum atomic E-state index is -0.552. The van der Waals surface area contributed by atoms with E-state index in [0.717, 1.165) is 11.3 Å². The highest BCUT2D eigenvalue weighted by molar-refractivity contribution is 5.85. The van der Waals surface area contributed by atoms with Crippen LogP contribution in [0, 0.1) is 0 Å². The van der Waals surface area contributed by atoms with Crippen LogP contribution in [0.3, 0.4) is 0 Å². The molecule has 2 aromatic rings. The molecule has 5 heteroatoms. The van der Waals surface area contributed by atoms with E-state index in [1.54, 1.807) is 18.5 Å². The first-order valence-corrected chi connectivity index (χ1v) is 5.44. The second kappa shape index (κ2) is 6.83. The summed E-state index contributed by atoms with van der Waals surface area (Å²) in [5.41, 5.74) is 7.98. The summed E-state index contributed by atoms with van der Waals surface area (Å²) in [6.07, 6.45) is 2.69. The number of nitrogens with zero attached hydrogens (tertiary/aromatic N) is 1. The molecule has 0 aliphatic rings. The van der Waals surface area contributed by atoms with Gasteiger partial charge in [-0.25, -0.2) is 0 Å². The maximum Gasteiger partial charge on any atom is 0.0962 e. The zero-order chi connectivity index (χ0) is 12.1. The van der Waals surface area contributed by atoms with Gasteiger partial charge in [0.1, 0.15) is 0 Å². The Labute approximate surface area is 112 Å². The van der Waals surface area contributed by atoms with Crippen molar-refractivity contribution in [1.29, 1.82) is 0 Å². The van der Waals surface area contributed by atoms with E-state index in [-0.39, 0.29) is 12.4 Å². The van der Waals surface area contributed by atoms with Crippen LogP contribution in [0.25, 0.3) is 0 Å². The molecule has 1 atom stereocenters. The van der Waals surface area contributed by atoms with Crippen molar-refractivity contribution < 1.29 is 5.11 Å². The van der Waals surface area contributed by atoms with Crippen LogP contribution in [0.4, 0.5) is 11.4 Å². The number of pyridine rings is 1. The zero-order valence-electron chi connectivity index (χ0n) is 9.78. The lowest BCUT2D eigenvalue weighted by Crippen LogP contribution is -2.13. The Hall–Kier alpha value is -1.78. The third kappa shape index (κ3) is 3.61. The van der Waals surface area contributed by atoms with E-state index in [4.69, 9.17) is 5.73 Å². The van der Waals surface area contributed by atoms with Crippen molar-refractivity contribution >= 4 is 23.8 Å². The fourth-order valence-corrected chi connectivity index (χ4v) is 1.57. The van der Waals surface area contributed by atoms with Gasteiger partial charge < -0.3 is 16.2 Å². The first-order chi connectivity index (χ1) is 8.27. The molecule has 0 bridgehead atoms. The van der Waals surface area contributed by atoms with Gasteiger partial charge in [-0.05, 0) is 11.6 Å². The van der Waals surface area contributed by atoms with Crippen molar-refractivity contribution in [3.63, 3.8) is 0 Å². The van der Waals surface area contributed by atoms with Crippen LogP contribution in [0.5, 0.6) is 0 Å². The minimum Gasteiger partial charge on any atom is -0.396 e. The van der Waals surface area contributed by atoms with Crippen LogP contribution in [-0.2, 0) is 0 Å². The highest BCUT2D eigenvalue weighted by Gasteiger charge is 2.07. The summed E-state index contributed by atoms with van der Waals surface area (Å²) >= 11 is 0. The number of hydrogen-bond donors (Lipinski definition) is 3. The predicted octanol–water partition coefficient (Wildman–Crippen LogP) is 2.23. The summed E-state index contributed by atoms with van der Waals surface area (Å²) in [5.74, 6) is 0. The van der Waals surface area contributed by atoms with Gasteiger partial charge in [-0.15, -0.1) is 12.4 Å². The molecule has 1 heterocycles. The van der Waals surface area contributed by atoms with Crippen LogP contribution in [0.15, 0.2) is 48.8 Å². The Morgan fingerprint density at radius 3 is 2.61 bits per heavy atom. The molecule has 0 fully saturated rings. The van der Waals surface area contributed by atoms with E-state index in [2.05, 4.69) is 10.3 Å². The number of nitrogens with one attached hydrogen (secondary N) is 1. The fraction of sp³-hybridized carbons (Fsp3) is 0.154. The average Bonchev–Trinajstić information content (AvgIpc) is 2.38. The highest BCUT2D eigenvalue weighted by Crippen LogP contribution is 2.18. The molecule has 0 amide bonds. The average molecular weight is 266 g/mol. The molecule has 0 radical (unpaired) electrons. The van der Waals surface area contributed by atoms with Gasteiger partial charge in [0.15, 0.2) is 0 Å². The van der Waals surface area contributed by atoms with E-state index in [9.17, 15) is 5.11 Å². The van der Waals surface area contributed by atoms with Gasteiger partial charge in [0.05, 0.1) is 23.7 Å². The molecular formula is C13H16ClN3O. The number of anilines is 2. The van der Waals surface area contributed by atoms with Crippen molar-refractivity contribution in [2.24, 2.45) is 0 Å². The van der Waals surface area contributed by atoms with Crippen molar-refractivity contribution in [3.8, 4) is 0 Å². The number of aliphatic hydroxyl groups is 1. The van der Waals surface area contributed by atoms with Crippen molar-refractivity contribution in [2.45, 2.75) is 6.10 Å². The van der Waals surface area contributed by atoms with Crippen LogP contribution >= 0.6 is 12.4 Å². The number of rotatable bonds is 4. The third-order valence-corrected chi connectivity index (χ3v) is 2.52. The lowest BCUT2D eigenvalue weighted by molar-refractivity contribution is 0.191. The van der Waals surface area contributed by atoms with Crippen molar-refractivity contribution in [1.82, 2.24) is 4.98 Å². The number of halogens is 1. The standard InChI is InChI=1S/C13H15N3O.ClH/c14-11-8-15-7-6-12(11)16-9-13(17)10-4-2-1-3-5-10;/h1-8,13,17H,9,14H2,(H,15,16);1H. The minimum absolute atomic E-state index is 0. The van der Waals surface area contributed by atoms with Gasteiger partial charge in [-0.3, -0.25) is 4.98 Å². The van der Waals surface area contributed by atoms with Crippen LogP contribution in [-0.4, -0.2) is 16.6 Å². The Bertz CT molecular complexity index is 479. The lowest BCUT2D eigenvalue weighted by atomic mass is 10.1. The Morgan fingerprint density at radius 1 is 1.22 bits per heavy atom. The molecular weight excluding hydrogens is 250 g/mol. The maximum atomic E-state index is 9.95. The SMILES string of the molecule is Cl.Nc1cnccc1NCC(O)c1ccccc1. The molecule has 2 rings (SSSR count). The zero-order valence-corrected chi connectivity index (χ0v) is 10.6. The molecule has 0 saturated carbocycles. The topological polar surface area (TPSA) is 71.2 Å². The molecule has 1 aromatic heterocycles. The number of nitrogen functional groups attached to an aromatic ring is 1. The van der Waals surface area contributed by atoms with E-state index in [1.807, 2.05) is 30.3 Å². The molecule has 0 aliphatic carbocycles. The second-order valence-corrected chi connectivity index (χ2v) is 3.77. The van der Waals surface area contributed by atoms with E-state index in [1.165, 1.54) is 0 Å². The molecule has 4 N–H and O–H groups in total. The molecule has 1 aromatic carbocycles. The molecule has 1 unspecified atom stereocenters. The molecule has 0 saturated heterocycles. The lowest BCUT2D eigenvalue weighted by Gasteiger charge is -2.14. The Kier molecular flexibility index (Phi) is 5.42. The van der Waals surface area contributed by atoms with Gasteiger partial charge in [0.2, 0.25) is 0 Å². The summed E-state index contributed by atoms with van der Waals surface area (Å²) in [7, 11) is 0. The number of aliphatic hydroxyl groups excluding tert-OH is 1. The quantitative estimate of drug-likeness (QED) is 0.793. The van der Waals surface area contributed by atoms with Crippen LogP contribution in [0.1, 0.15) is 11.7 Å². The molecule has 18 heavy (non-hydrogen) atoms. The van der Waals surface area contributed by atoms with Gasteiger partial charge >= 0.3 is 0 Å². The molecule has 0 spiro atoms. The maximum absolute atomic E-state index is 9.95. The van der Waals surface area contributed by atoms with Crippen LogP contribution < -0.4 is 11.1 Å². The summed E-state index contributed by atoms with van der Waals surface area (Å²) < 4.78 is 0. The fourth-order valence-electron chi connectivity index (χ4n) is 1.57. The van der Waals surface area contributed by atoms with E-state index < -0.39 is 6.10 Å². The first-order valence-electron chi connectivity index (χ1n) is 5.44. The van der Waals surface area contributed by atoms with E-state index in [0.29, 0.717) is 12.2 Å². The molecule has 4 nitrogen and oxygen atoms in total. The summed E-state index contributed by atoms with van der Waals surface area (Å²) in [6.45, 7) is 0.415. The third-order valence-electron chi connectivity index (χ3n) is 2.52. The normalized spacial score (nSPS) is 11.4. The number of aromatic nitrogens is 1. The summed E-state index contributed by atoms with van der Waals surface area (Å²) in [5, 5.41) is 13.0. The van der Waals surface area contributed by atoms with E-state index >= 15 is 0 Å². The predicted molar refractivity (Wildman–Crippen MR) is 75.8 cm³/mol.